The summed E-state index contributed by atoms with van der Waals surface area (Å²) in [7, 11) is 0. The van der Waals surface area contributed by atoms with E-state index in [-0.39, 0.29) is 5.92 Å². The second-order valence-electron chi connectivity index (χ2n) is 16.9. The molecule has 0 radical (unpaired) electrons. The zero-order valence-electron chi connectivity index (χ0n) is 35.0. The van der Waals surface area contributed by atoms with Crippen molar-refractivity contribution in [1.29, 1.82) is 0 Å². The Balaban J connectivity index is 1.07. The van der Waals surface area contributed by atoms with E-state index in [4.69, 9.17) is 18.8 Å². The second kappa shape index (κ2) is 14.4. The molecule has 0 aliphatic carbocycles. The number of aromatic nitrogens is 1. The SMILES string of the molecule is CC1C/C=C(c2cc3oc4ccccc4c3cc2-n2c3ccccc3c3cc4ccccc4cc32)/N=C(c2ccc(-c3ccccc3)cc2)\N=C/1c1ccc2oc3ccccc3c2c1. The molecule has 64 heavy (non-hydrogen) atoms. The van der Waals surface area contributed by atoms with E-state index in [0.29, 0.717) is 5.84 Å². The highest BCUT2D eigenvalue weighted by molar-refractivity contribution is 6.18. The van der Waals surface area contributed by atoms with Gasteiger partial charge in [-0.15, -0.1) is 0 Å². The minimum absolute atomic E-state index is 0.0534. The topological polar surface area (TPSA) is 55.9 Å². The summed E-state index contributed by atoms with van der Waals surface area (Å²) in [4.78, 5) is 11.2. The third kappa shape index (κ3) is 5.85. The fourth-order valence-electron chi connectivity index (χ4n) is 9.85. The Morgan fingerprint density at radius 1 is 0.438 bits per heavy atom. The normalized spacial score (nSPS) is 17.1. The monoisotopic (exact) mass is 821 g/mol. The zero-order valence-corrected chi connectivity index (χ0v) is 35.0. The van der Waals surface area contributed by atoms with Crippen LogP contribution >= 0.6 is 0 Å². The van der Waals surface area contributed by atoms with Crippen LogP contribution in [0.25, 0.3) is 99.0 Å². The van der Waals surface area contributed by atoms with Crippen LogP contribution in [0.1, 0.15) is 30.0 Å². The molecule has 0 fully saturated rings. The smallest absolute Gasteiger partial charge is 0.160 e. The Morgan fingerprint density at radius 2 is 1.03 bits per heavy atom. The summed E-state index contributed by atoms with van der Waals surface area (Å²) in [6.07, 6.45) is 3.03. The molecule has 1 aliphatic heterocycles. The lowest BCUT2D eigenvalue weighted by molar-refractivity contribution is 0.668. The van der Waals surface area contributed by atoms with Gasteiger partial charge in [-0.05, 0) is 94.5 Å². The summed E-state index contributed by atoms with van der Waals surface area (Å²) in [5.74, 6) is 0.700. The van der Waals surface area contributed by atoms with Gasteiger partial charge in [0.05, 0.1) is 28.1 Å². The highest BCUT2D eigenvalue weighted by atomic mass is 16.3. The van der Waals surface area contributed by atoms with Gasteiger partial charge in [-0.2, -0.15) is 0 Å². The van der Waals surface area contributed by atoms with Gasteiger partial charge in [0.25, 0.3) is 0 Å². The predicted octanol–water partition coefficient (Wildman–Crippen LogP) is 15.7. The zero-order chi connectivity index (χ0) is 42.3. The van der Waals surface area contributed by atoms with E-state index in [1.165, 1.54) is 21.5 Å². The summed E-state index contributed by atoms with van der Waals surface area (Å²) in [5.41, 5.74) is 13.8. The predicted molar refractivity (Wildman–Crippen MR) is 266 cm³/mol. The van der Waals surface area contributed by atoms with E-state index in [9.17, 15) is 0 Å². The molecule has 9 aromatic carbocycles. The first kappa shape index (κ1) is 36.4. The molecule has 0 bridgehead atoms. The number of hydrogen-bond donors (Lipinski definition) is 0. The summed E-state index contributed by atoms with van der Waals surface area (Å²) in [6.45, 7) is 2.27. The first-order valence-corrected chi connectivity index (χ1v) is 21.9. The van der Waals surface area contributed by atoms with Crippen LogP contribution in [-0.2, 0) is 0 Å². The van der Waals surface area contributed by atoms with Crippen molar-refractivity contribution in [2.45, 2.75) is 13.3 Å². The first-order chi connectivity index (χ1) is 31.6. The average Bonchev–Trinajstić information content (AvgIpc) is 4.01. The number of furan rings is 2. The van der Waals surface area contributed by atoms with Crippen molar-refractivity contribution in [3.63, 3.8) is 0 Å². The number of hydrogen-bond acceptors (Lipinski definition) is 4. The minimum Gasteiger partial charge on any atom is -0.456 e. The van der Waals surface area contributed by atoms with Crippen LogP contribution in [-0.4, -0.2) is 16.1 Å². The number of para-hydroxylation sites is 3. The van der Waals surface area contributed by atoms with Gasteiger partial charge < -0.3 is 13.4 Å². The molecular formula is C59H39N3O2. The van der Waals surface area contributed by atoms with Gasteiger partial charge in [0.1, 0.15) is 22.3 Å². The molecule has 1 aliphatic rings. The molecule has 4 heterocycles. The van der Waals surface area contributed by atoms with Gasteiger partial charge in [0.15, 0.2) is 5.84 Å². The summed E-state index contributed by atoms with van der Waals surface area (Å²) in [5, 5.41) is 9.12. The average molecular weight is 822 g/mol. The molecule has 5 heteroatoms. The standard InChI is InChI=1S/C59H39N3O2/c1-36-23-29-50(60-59(39-26-24-38(25-27-39)37-13-3-2-4-14-37)61-58(36)42-28-30-56-47(32-42)44-18-8-11-21-54(44)63-56)49-35-57-48(45-19-9-12-22-55(45)64-57)34-53(49)62-51-20-10-7-17-43(51)46-31-40-15-5-6-16-41(40)33-52(46)62/h2-22,24-36H,23H2,1H3/b50-29+,60-59-,61-58+. The lowest BCUT2D eigenvalue weighted by Crippen LogP contribution is -2.17. The van der Waals surface area contributed by atoms with E-state index >= 15 is 0 Å². The van der Waals surface area contributed by atoms with Crippen molar-refractivity contribution in [3.05, 3.63) is 217 Å². The number of allylic oxidation sites excluding steroid dienone is 1. The highest BCUT2D eigenvalue weighted by Crippen LogP contribution is 2.42. The number of amidine groups is 1. The molecule has 5 nitrogen and oxygen atoms in total. The molecule has 1 unspecified atom stereocenters. The van der Waals surface area contributed by atoms with Gasteiger partial charge in [-0.25, -0.2) is 9.98 Å². The molecule has 0 spiro atoms. The maximum absolute atomic E-state index is 6.65. The van der Waals surface area contributed by atoms with Crippen LogP contribution in [0.2, 0.25) is 0 Å². The Morgan fingerprint density at radius 3 is 1.81 bits per heavy atom. The number of aliphatic imine (C=N–C) groups is 2. The highest BCUT2D eigenvalue weighted by Gasteiger charge is 2.24. The number of benzene rings is 9. The summed E-state index contributed by atoms with van der Waals surface area (Å²) in [6, 6.07) is 68.7. The van der Waals surface area contributed by atoms with Gasteiger partial charge in [-0.1, -0.05) is 146 Å². The third-order valence-electron chi connectivity index (χ3n) is 13.1. The van der Waals surface area contributed by atoms with Crippen molar-refractivity contribution in [2.75, 3.05) is 0 Å². The molecule has 13 rings (SSSR count). The van der Waals surface area contributed by atoms with Crippen molar-refractivity contribution in [1.82, 2.24) is 4.57 Å². The molecular weight excluding hydrogens is 783 g/mol. The number of rotatable bonds is 5. The number of fused-ring (bicyclic) bond motifs is 10. The number of nitrogens with zero attached hydrogens (tertiary/aromatic N) is 3. The van der Waals surface area contributed by atoms with Gasteiger partial charge in [-0.3, -0.25) is 0 Å². The minimum atomic E-state index is 0.0534. The van der Waals surface area contributed by atoms with Crippen LogP contribution in [0.4, 0.5) is 0 Å². The van der Waals surface area contributed by atoms with Crippen LogP contribution in [0.15, 0.2) is 219 Å². The summed E-state index contributed by atoms with van der Waals surface area (Å²) < 4.78 is 15.3. The quantitative estimate of drug-likeness (QED) is 0.174. The molecule has 0 N–H and O–H groups in total. The van der Waals surface area contributed by atoms with Gasteiger partial charge in [0.2, 0.25) is 0 Å². The van der Waals surface area contributed by atoms with Crippen molar-refractivity contribution in [2.24, 2.45) is 15.9 Å². The van der Waals surface area contributed by atoms with E-state index in [1.54, 1.807) is 0 Å². The molecule has 0 amide bonds. The Kier molecular flexibility index (Phi) is 8.19. The van der Waals surface area contributed by atoms with Crippen molar-refractivity contribution < 1.29 is 8.83 Å². The van der Waals surface area contributed by atoms with E-state index in [1.807, 2.05) is 24.3 Å². The largest absolute Gasteiger partial charge is 0.456 e. The fraction of sp³-hybridized carbons (Fsp3) is 0.0508. The van der Waals surface area contributed by atoms with E-state index in [2.05, 4.69) is 187 Å². The fourth-order valence-corrected chi connectivity index (χ4v) is 9.85. The van der Waals surface area contributed by atoms with Crippen molar-refractivity contribution >= 4 is 93.7 Å². The lowest BCUT2D eigenvalue weighted by atomic mass is 9.92. The molecule has 1 atom stereocenters. The molecule has 0 saturated carbocycles. The Labute approximate surface area is 368 Å². The van der Waals surface area contributed by atoms with Crippen LogP contribution in [0, 0.1) is 5.92 Å². The molecule has 12 aromatic rings. The maximum Gasteiger partial charge on any atom is 0.160 e. The first-order valence-electron chi connectivity index (χ1n) is 21.9. The Hall–Kier alpha value is -8.28. The van der Waals surface area contributed by atoms with Crippen LogP contribution in [0.3, 0.4) is 0 Å². The molecule has 302 valence electrons. The molecule has 0 saturated heterocycles. The van der Waals surface area contributed by atoms with Gasteiger partial charge in [0, 0.05) is 49.4 Å². The third-order valence-corrected chi connectivity index (χ3v) is 13.1. The second-order valence-corrected chi connectivity index (χ2v) is 16.9. The lowest BCUT2D eigenvalue weighted by Gasteiger charge is -2.20. The van der Waals surface area contributed by atoms with E-state index < -0.39 is 0 Å². The van der Waals surface area contributed by atoms with Crippen molar-refractivity contribution in [3.8, 4) is 16.8 Å². The Bertz CT molecular complexity index is 3940. The van der Waals surface area contributed by atoms with Crippen LogP contribution < -0.4 is 0 Å². The summed E-state index contributed by atoms with van der Waals surface area (Å²) >= 11 is 0. The van der Waals surface area contributed by atoms with Crippen LogP contribution in [0.5, 0.6) is 0 Å². The maximum atomic E-state index is 6.65. The van der Waals surface area contributed by atoms with E-state index in [0.717, 1.165) is 106 Å². The molecule has 3 aromatic heterocycles. The van der Waals surface area contributed by atoms with Gasteiger partial charge >= 0.3 is 0 Å².